The summed E-state index contributed by atoms with van der Waals surface area (Å²) in [5.41, 5.74) is 3.12. The second-order valence-electron chi connectivity index (χ2n) is 5.57. The van der Waals surface area contributed by atoms with Crippen molar-refractivity contribution in [1.82, 2.24) is 4.98 Å². The first-order valence-corrected chi connectivity index (χ1v) is 8.43. The van der Waals surface area contributed by atoms with Crippen LogP contribution in [0.5, 0.6) is 0 Å². The first-order chi connectivity index (χ1) is 13.2. The summed E-state index contributed by atoms with van der Waals surface area (Å²) in [6.07, 6.45) is 4.19. The van der Waals surface area contributed by atoms with Gasteiger partial charge in [-0.2, -0.15) is 4.98 Å². The highest BCUT2D eigenvalue weighted by atomic mass is 16.5. The molecule has 0 aliphatic carbocycles. The Kier molecular flexibility index (Phi) is 5.79. The van der Waals surface area contributed by atoms with Crippen molar-refractivity contribution >= 4 is 24.0 Å². The molecule has 1 N–H and O–H groups in total. The number of nitrogens with one attached hydrogen (secondary N) is 1. The Morgan fingerprint density at radius 1 is 1.07 bits per heavy atom. The maximum Gasteiger partial charge on any atom is 0.360 e. The van der Waals surface area contributed by atoms with Gasteiger partial charge in [0.2, 0.25) is 0 Å². The molecule has 0 saturated heterocycles. The Bertz CT molecular complexity index is 944. The van der Waals surface area contributed by atoms with E-state index in [4.69, 9.17) is 9.15 Å². The lowest BCUT2D eigenvalue weighted by Gasteiger charge is -2.01. The van der Waals surface area contributed by atoms with Gasteiger partial charge in [0.15, 0.2) is 5.69 Å². The zero-order valence-corrected chi connectivity index (χ0v) is 14.7. The van der Waals surface area contributed by atoms with Crippen molar-refractivity contribution in [2.75, 3.05) is 11.9 Å². The Morgan fingerprint density at radius 2 is 1.78 bits per heavy atom. The van der Waals surface area contributed by atoms with Gasteiger partial charge in [-0.05, 0) is 29.7 Å². The molecule has 6 heteroatoms. The number of anilines is 1. The van der Waals surface area contributed by atoms with Crippen LogP contribution in [-0.4, -0.2) is 23.5 Å². The number of nitrogens with zero attached hydrogens (tertiary/aromatic N) is 1. The summed E-state index contributed by atoms with van der Waals surface area (Å²) < 4.78 is 9.85. The second-order valence-corrected chi connectivity index (χ2v) is 5.57. The minimum absolute atomic E-state index is 0.00707. The molecule has 0 aliphatic rings. The summed E-state index contributed by atoms with van der Waals surface area (Å²) in [5, 5.41) is 2.46. The van der Waals surface area contributed by atoms with Gasteiger partial charge in [-0.3, -0.25) is 10.1 Å². The largest absolute Gasteiger partial charge is 0.461 e. The maximum absolute atomic E-state index is 12.0. The molecule has 1 heterocycles. The van der Waals surface area contributed by atoms with Gasteiger partial charge in [0.1, 0.15) is 6.26 Å². The highest BCUT2D eigenvalue weighted by molar-refractivity contribution is 6.01. The van der Waals surface area contributed by atoms with E-state index in [0.717, 1.165) is 23.0 Å². The van der Waals surface area contributed by atoms with Crippen LogP contribution in [0, 0.1) is 0 Å². The van der Waals surface area contributed by atoms with Crippen LogP contribution in [0.2, 0.25) is 0 Å². The number of ether oxygens (including phenoxy) is 1. The standard InChI is InChI=1S/C21H18N2O4/c1-2-26-20(25)18-14-27-21(22-18)23-19(24)13-10-15-8-11-17(12-9-15)16-6-4-3-5-7-16/h3-14H,2H2,1H3,(H,22,23,24)/b13-10+. The van der Waals surface area contributed by atoms with Crippen LogP contribution in [0.1, 0.15) is 23.0 Å². The quantitative estimate of drug-likeness (QED) is 0.526. The van der Waals surface area contributed by atoms with Crippen LogP contribution in [0.25, 0.3) is 17.2 Å². The van der Waals surface area contributed by atoms with Crippen molar-refractivity contribution in [2.45, 2.75) is 6.92 Å². The number of hydrogen-bond acceptors (Lipinski definition) is 5. The molecule has 2 aromatic carbocycles. The number of oxazole rings is 1. The van der Waals surface area contributed by atoms with E-state index >= 15 is 0 Å². The molecule has 136 valence electrons. The number of esters is 1. The fourth-order valence-corrected chi connectivity index (χ4v) is 2.37. The Labute approximate surface area is 156 Å². The van der Waals surface area contributed by atoms with Crippen LogP contribution < -0.4 is 5.32 Å². The number of benzene rings is 2. The van der Waals surface area contributed by atoms with Gasteiger partial charge in [-0.25, -0.2) is 4.79 Å². The number of rotatable bonds is 6. The summed E-state index contributed by atoms with van der Waals surface area (Å²) >= 11 is 0. The van der Waals surface area contributed by atoms with E-state index in [1.54, 1.807) is 13.0 Å². The van der Waals surface area contributed by atoms with Gasteiger partial charge in [0, 0.05) is 6.08 Å². The molecule has 0 radical (unpaired) electrons. The van der Waals surface area contributed by atoms with E-state index in [1.807, 2.05) is 54.6 Å². The third-order valence-electron chi connectivity index (χ3n) is 3.66. The van der Waals surface area contributed by atoms with E-state index in [1.165, 1.54) is 6.08 Å². The van der Waals surface area contributed by atoms with Crippen LogP contribution in [0.15, 0.2) is 71.4 Å². The average molecular weight is 362 g/mol. The van der Waals surface area contributed by atoms with Crippen molar-refractivity contribution < 1.29 is 18.7 Å². The van der Waals surface area contributed by atoms with Crippen molar-refractivity contribution in [1.29, 1.82) is 0 Å². The van der Waals surface area contributed by atoms with Crippen LogP contribution in [-0.2, 0) is 9.53 Å². The Hall–Kier alpha value is -3.67. The molecule has 0 fully saturated rings. The summed E-state index contributed by atoms with van der Waals surface area (Å²) in [4.78, 5) is 27.3. The number of carbonyl (C=O) groups is 2. The average Bonchev–Trinajstić information content (AvgIpc) is 3.16. The molecule has 0 saturated carbocycles. The molecule has 3 rings (SSSR count). The molecular formula is C21H18N2O4. The van der Waals surface area contributed by atoms with Gasteiger partial charge < -0.3 is 9.15 Å². The molecule has 1 aromatic heterocycles. The molecule has 0 aliphatic heterocycles. The van der Waals surface area contributed by atoms with Gasteiger partial charge >= 0.3 is 12.0 Å². The van der Waals surface area contributed by atoms with E-state index in [9.17, 15) is 9.59 Å². The van der Waals surface area contributed by atoms with Gasteiger partial charge in [0.25, 0.3) is 5.91 Å². The predicted octanol–water partition coefficient (Wildman–Crippen LogP) is 4.17. The second kappa shape index (κ2) is 8.62. The topological polar surface area (TPSA) is 81.4 Å². The fourth-order valence-electron chi connectivity index (χ4n) is 2.37. The Morgan fingerprint density at radius 3 is 2.48 bits per heavy atom. The summed E-state index contributed by atoms with van der Waals surface area (Å²) in [6, 6.07) is 17.8. The third kappa shape index (κ3) is 4.92. The van der Waals surface area contributed by atoms with Crippen LogP contribution in [0.3, 0.4) is 0 Å². The molecule has 27 heavy (non-hydrogen) atoms. The van der Waals surface area contributed by atoms with E-state index < -0.39 is 11.9 Å². The lowest BCUT2D eigenvalue weighted by Crippen LogP contribution is -2.09. The van der Waals surface area contributed by atoms with E-state index in [-0.39, 0.29) is 18.3 Å². The molecule has 0 spiro atoms. The SMILES string of the molecule is CCOC(=O)c1coc(NC(=O)/C=C/c2ccc(-c3ccccc3)cc2)n1. The maximum atomic E-state index is 12.0. The van der Waals surface area contributed by atoms with Crippen molar-refractivity contribution in [3.63, 3.8) is 0 Å². The van der Waals surface area contributed by atoms with Crippen LogP contribution in [0.4, 0.5) is 6.01 Å². The lowest BCUT2D eigenvalue weighted by molar-refractivity contribution is -0.112. The van der Waals surface area contributed by atoms with Gasteiger partial charge in [0.05, 0.1) is 6.61 Å². The first-order valence-electron chi connectivity index (χ1n) is 8.43. The molecule has 0 unspecified atom stereocenters. The van der Waals surface area contributed by atoms with E-state index in [2.05, 4.69) is 10.3 Å². The molecule has 0 atom stereocenters. The number of aromatic nitrogens is 1. The molecule has 6 nitrogen and oxygen atoms in total. The fraction of sp³-hybridized carbons (Fsp3) is 0.0952. The smallest absolute Gasteiger partial charge is 0.360 e. The molecule has 3 aromatic rings. The summed E-state index contributed by atoms with van der Waals surface area (Å²) in [7, 11) is 0. The van der Waals surface area contributed by atoms with Crippen molar-refractivity contribution in [3.05, 3.63) is 78.2 Å². The number of hydrogen-bond donors (Lipinski definition) is 1. The normalized spacial score (nSPS) is 10.7. The van der Waals surface area contributed by atoms with Crippen molar-refractivity contribution in [2.24, 2.45) is 0 Å². The minimum atomic E-state index is -0.601. The molecule has 1 amide bonds. The zero-order chi connectivity index (χ0) is 19.1. The predicted molar refractivity (Wildman–Crippen MR) is 102 cm³/mol. The van der Waals surface area contributed by atoms with E-state index in [0.29, 0.717) is 0 Å². The van der Waals surface area contributed by atoms with Crippen molar-refractivity contribution in [3.8, 4) is 11.1 Å². The molecular weight excluding hydrogens is 344 g/mol. The van der Waals surface area contributed by atoms with Gasteiger partial charge in [-0.1, -0.05) is 54.6 Å². The first kappa shape index (κ1) is 18.1. The lowest BCUT2D eigenvalue weighted by atomic mass is 10.0. The summed E-state index contributed by atoms with van der Waals surface area (Å²) in [6.45, 7) is 1.93. The zero-order valence-electron chi connectivity index (χ0n) is 14.7. The highest BCUT2D eigenvalue weighted by Gasteiger charge is 2.13. The number of carbonyl (C=O) groups excluding carboxylic acids is 2. The third-order valence-corrected chi connectivity index (χ3v) is 3.66. The Balaban J connectivity index is 1.59. The summed E-state index contributed by atoms with van der Waals surface area (Å²) in [5.74, 6) is -1.02. The number of amides is 1. The minimum Gasteiger partial charge on any atom is -0.461 e. The molecule has 0 bridgehead atoms. The van der Waals surface area contributed by atoms with Gasteiger partial charge in [-0.15, -0.1) is 0 Å². The highest BCUT2D eigenvalue weighted by Crippen LogP contribution is 2.19. The van der Waals surface area contributed by atoms with Crippen LogP contribution >= 0.6 is 0 Å². The monoisotopic (exact) mass is 362 g/mol.